The molecule has 154 valence electrons. The molecule has 0 unspecified atom stereocenters. The van der Waals surface area contributed by atoms with E-state index < -0.39 is 42.6 Å². The average molecular weight is 400 g/mol. The van der Waals surface area contributed by atoms with Crippen LogP contribution < -0.4 is 5.32 Å². The van der Waals surface area contributed by atoms with E-state index in [4.69, 9.17) is 9.47 Å². The molecule has 0 saturated carbocycles. The van der Waals surface area contributed by atoms with Gasteiger partial charge in [-0.15, -0.1) is 6.58 Å². The van der Waals surface area contributed by atoms with Gasteiger partial charge in [0, 0.05) is 6.54 Å². The first-order chi connectivity index (χ1) is 13.1. The van der Waals surface area contributed by atoms with Crippen LogP contribution in [-0.2, 0) is 20.9 Å². The first-order valence-corrected chi connectivity index (χ1v) is 8.70. The lowest BCUT2D eigenvalue weighted by atomic mass is 10.1. The highest BCUT2D eigenvalue weighted by Crippen LogP contribution is 2.34. The Labute approximate surface area is 161 Å². The Balaban J connectivity index is 2.14. The minimum Gasteiger partial charge on any atom is -0.444 e. The summed E-state index contributed by atoms with van der Waals surface area (Å²) in [5, 5.41) is 1.82. The van der Waals surface area contributed by atoms with Crippen molar-refractivity contribution in [2.24, 2.45) is 0 Å². The Morgan fingerprint density at radius 1 is 1.32 bits per heavy atom. The maximum Gasteiger partial charge on any atom is 0.471 e. The third-order valence-corrected chi connectivity index (χ3v) is 4.31. The van der Waals surface area contributed by atoms with Gasteiger partial charge in [0.2, 0.25) is 0 Å². The van der Waals surface area contributed by atoms with Crippen molar-refractivity contribution in [1.29, 1.82) is 0 Å². The molecule has 1 aromatic carbocycles. The van der Waals surface area contributed by atoms with Crippen molar-refractivity contribution < 1.29 is 32.2 Å². The number of halogens is 3. The van der Waals surface area contributed by atoms with Gasteiger partial charge in [-0.3, -0.25) is 9.69 Å². The normalized spacial score (nSPS) is 21.2. The minimum absolute atomic E-state index is 0.00000850. The molecule has 6 nitrogen and oxygen atoms in total. The summed E-state index contributed by atoms with van der Waals surface area (Å²) >= 11 is 0. The fraction of sp³-hybridized carbons (Fsp3) is 0.474. The zero-order valence-corrected chi connectivity index (χ0v) is 15.7. The van der Waals surface area contributed by atoms with Crippen molar-refractivity contribution >= 4 is 12.0 Å². The predicted molar refractivity (Wildman–Crippen MR) is 95.1 cm³/mol. The minimum atomic E-state index is -5.01. The van der Waals surface area contributed by atoms with Gasteiger partial charge >= 0.3 is 18.2 Å². The summed E-state index contributed by atoms with van der Waals surface area (Å²) in [6, 6.07) is 8.12. The molecule has 9 heteroatoms. The third kappa shape index (κ3) is 5.25. The first kappa shape index (κ1) is 21.7. The number of ether oxygens (including phenoxy) is 2. The van der Waals surface area contributed by atoms with Gasteiger partial charge in [-0.2, -0.15) is 13.2 Å². The van der Waals surface area contributed by atoms with Crippen LogP contribution in [0.15, 0.2) is 43.0 Å². The van der Waals surface area contributed by atoms with Gasteiger partial charge in [0.25, 0.3) is 0 Å². The van der Waals surface area contributed by atoms with Crippen molar-refractivity contribution in [1.82, 2.24) is 10.2 Å². The molecule has 1 heterocycles. The monoisotopic (exact) mass is 400 g/mol. The molecular formula is C19H23F3N2O4. The fourth-order valence-corrected chi connectivity index (χ4v) is 3.11. The maximum atomic E-state index is 12.7. The molecule has 0 spiro atoms. The molecule has 1 aliphatic rings. The predicted octanol–water partition coefficient (Wildman–Crippen LogP) is 3.38. The van der Waals surface area contributed by atoms with Crippen LogP contribution in [0.1, 0.15) is 25.8 Å². The Bertz CT molecular complexity index is 707. The zero-order chi connectivity index (χ0) is 20.9. The highest BCUT2D eigenvalue weighted by Gasteiger charge is 2.51. The molecule has 0 bridgehead atoms. The number of carbonyl (C=O) groups excluding carboxylic acids is 2. The van der Waals surface area contributed by atoms with E-state index in [2.05, 4.69) is 6.58 Å². The van der Waals surface area contributed by atoms with Gasteiger partial charge in [-0.25, -0.2) is 4.79 Å². The zero-order valence-electron chi connectivity index (χ0n) is 15.7. The lowest BCUT2D eigenvalue weighted by Crippen LogP contribution is -2.53. The quantitative estimate of drug-likeness (QED) is 0.744. The molecule has 1 aliphatic heterocycles. The van der Waals surface area contributed by atoms with Crippen LogP contribution in [0.4, 0.5) is 18.0 Å². The molecular weight excluding hydrogens is 377 g/mol. The Morgan fingerprint density at radius 2 is 1.96 bits per heavy atom. The number of rotatable bonds is 6. The molecule has 1 fully saturated rings. The van der Waals surface area contributed by atoms with Crippen LogP contribution in [0, 0.1) is 0 Å². The Kier molecular flexibility index (Phi) is 6.71. The highest BCUT2D eigenvalue weighted by molar-refractivity contribution is 5.81. The van der Waals surface area contributed by atoms with Gasteiger partial charge in [0.05, 0.1) is 12.1 Å². The number of hydrogen-bond acceptors (Lipinski definition) is 4. The van der Waals surface area contributed by atoms with Gasteiger partial charge in [-0.05, 0) is 25.8 Å². The van der Waals surface area contributed by atoms with Crippen molar-refractivity contribution in [3.63, 3.8) is 0 Å². The summed E-state index contributed by atoms with van der Waals surface area (Å²) < 4.78 is 48.7. The summed E-state index contributed by atoms with van der Waals surface area (Å²) in [6.45, 7) is 6.39. The highest BCUT2D eigenvalue weighted by atomic mass is 19.4. The van der Waals surface area contributed by atoms with Crippen LogP contribution in [0.5, 0.6) is 0 Å². The molecule has 1 N–H and O–H groups in total. The lowest BCUT2D eigenvalue weighted by molar-refractivity contribution is -0.173. The molecule has 2 rings (SSSR count). The van der Waals surface area contributed by atoms with E-state index in [0.717, 1.165) is 5.56 Å². The summed E-state index contributed by atoms with van der Waals surface area (Å²) in [7, 11) is 0. The molecule has 28 heavy (non-hydrogen) atoms. The fourth-order valence-electron chi connectivity index (χ4n) is 3.11. The third-order valence-electron chi connectivity index (χ3n) is 4.31. The number of hydrogen-bond donors (Lipinski definition) is 1. The van der Waals surface area contributed by atoms with Crippen LogP contribution in [0.25, 0.3) is 0 Å². The van der Waals surface area contributed by atoms with Crippen LogP contribution >= 0.6 is 0 Å². The molecule has 0 aromatic heterocycles. The first-order valence-electron chi connectivity index (χ1n) is 8.70. The second kappa shape index (κ2) is 8.64. The smallest absolute Gasteiger partial charge is 0.444 e. The van der Waals surface area contributed by atoms with Gasteiger partial charge < -0.3 is 14.8 Å². The standard InChI is InChI=1S/C19H23F3N2O4/c1-4-8-15-14(11-23-16(25)19(20,21)22)24(18(2,3)28-15)17(26)27-12-13-9-6-5-7-10-13/h4-7,9-10,14-15H,1,8,11-12H2,2-3H3,(H,23,25)/t14-,15-/m0/s1. The van der Waals surface area contributed by atoms with Crippen molar-refractivity contribution in [3.8, 4) is 0 Å². The van der Waals surface area contributed by atoms with Gasteiger partial charge in [0.1, 0.15) is 12.3 Å². The van der Waals surface area contributed by atoms with E-state index in [1.807, 2.05) is 11.4 Å². The van der Waals surface area contributed by atoms with E-state index in [1.165, 1.54) is 11.0 Å². The lowest BCUT2D eigenvalue weighted by Gasteiger charge is -2.32. The molecule has 0 aliphatic carbocycles. The number of alkyl halides is 3. The molecule has 1 saturated heterocycles. The molecule has 0 radical (unpaired) electrons. The number of benzene rings is 1. The van der Waals surface area contributed by atoms with Gasteiger partial charge in [-0.1, -0.05) is 36.4 Å². The van der Waals surface area contributed by atoms with Crippen molar-refractivity contribution in [2.75, 3.05) is 6.54 Å². The average Bonchev–Trinajstić information content (AvgIpc) is 2.87. The van der Waals surface area contributed by atoms with Crippen LogP contribution in [0.2, 0.25) is 0 Å². The molecule has 1 aromatic rings. The summed E-state index contributed by atoms with van der Waals surface area (Å²) in [5.74, 6) is -2.08. The SMILES string of the molecule is C=CC[C@@H]1OC(C)(C)N(C(=O)OCc2ccccc2)[C@H]1CNC(=O)C(F)(F)F. The number of nitrogens with one attached hydrogen (secondary N) is 1. The van der Waals surface area contributed by atoms with E-state index in [-0.39, 0.29) is 6.61 Å². The summed E-state index contributed by atoms with van der Waals surface area (Å²) in [5.41, 5.74) is -0.368. The van der Waals surface area contributed by atoms with Gasteiger partial charge in [0.15, 0.2) is 0 Å². The second-order valence-corrected chi connectivity index (χ2v) is 6.81. The van der Waals surface area contributed by atoms with Crippen LogP contribution in [-0.4, -0.2) is 47.5 Å². The molecule has 2 amide bonds. The van der Waals surface area contributed by atoms with E-state index in [9.17, 15) is 22.8 Å². The van der Waals surface area contributed by atoms with Crippen LogP contribution in [0.3, 0.4) is 0 Å². The van der Waals surface area contributed by atoms with E-state index >= 15 is 0 Å². The topological polar surface area (TPSA) is 67.9 Å². The second-order valence-electron chi connectivity index (χ2n) is 6.81. The summed E-state index contributed by atoms with van der Waals surface area (Å²) in [6.07, 6.45) is -4.56. The Hall–Kier alpha value is -2.55. The Morgan fingerprint density at radius 3 is 2.54 bits per heavy atom. The van der Waals surface area contributed by atoms with Crippen molar-refractivity contribution in [2.45, 2.75) is 50.9 Å². The summed E-state index contributed by atoms with van der Waals surface area (Å²) in [4.78, 5) is 25.1. The van der Waals surface area contributed by atoms with Crippen molar-refractivity contribution in [3.05, 3.63) is 48.6 Å². The van der Waals surface area contributed by atoms with E-state index in [1.54, 1.807) is 38.1 Å². The molecule has 2 atom stereocenters. The van der Waals surface area contributed by atoms with E-state index in [0.29, 0.717) is 6.42 Å². The maximum absolute atomic E-state index is 12.7. The number of nitrogens with zero attached hydrogens (tertiary/aromatic N) is 1. The number of carbonyl (C=O) groups is 2. The largest absolute Gasteiger partial charge is 0.471 e. The number of amides is 2.